The van der Waals surface area contributed by atoms with Crippen LogP contribution in [0.15, 0.2) is 54.6 Å². The van der Waals surface area contributed by atoms with Crippen LogP contribution in [0.1, 0.15) is 42.5 Å². The van der Waals surface area contributed by atoms with Gasteiger partial charge in [-0.25, -0.2) is 4.79 Å². The Morgan fingerprint density at radius 3 is 2.14 bits per heavy atom. The van der Waals surface area contributed by atoms with Crippen LogP contribution in [0.3, 0.4) is 0 Å². The molecule has 2 aromatic rings. The lowest BCUT2D eigenvalue weighted by Gasteiger charge is -2.34. The second kappa shape index (κ2) is 6.70. The lowest BCUT2D eigenvalue weighted by atomic mass is 9.92. The van der Waals surface area contributed by atoms with Crippen LogP contribution in [0.2, 0.25) is 0 Å². The molecule has 5 heteroatoms. The molecule has 1 saturated heterocycles. The molecule has 1 unspecified atom stereocenters. The fourth-order valence-electron chi connectivity index (χ4n) is 4.45. The fourth-order valence-corrected chi connectivity index (χ4v) is 4.45. The number of likely N-dealkylation sites (tertiary alicyclic amines) is 1. The average molecular weight is 390 g/mol. The van der Waals surface area contributed by atoms with Crippen molar-refractivity contribution in [1.82, 2.24) is 4.90 Å². The smallest absolute Gasteiger partial charge is 0.338 e. The van der Waals surface area contributed by atoms with E-state index in [0.29, 0.717) is 5.56 Å². The summed E-state index contributed by atoms with van der Waals surface area (Å²) in [5.41, 5.74) is 8.30. The van der Waals surface area contributed by atoms with E-state index in [1.54, 1.807) is 0 Å². The third kappa shape index (κ3) is 3.44. The highest BCUT2D eigenvalue weighted by molar-refractivity contribution is 5.90. The van der Waals surface area contributed by atoms with E-state index < -0.39 is 5.54 Å². The molecule has 2 aromatic carbocycles. The van der Waals surface area contributed by atoms with Crippen LogP contribution < -0.4 is 5.73 Å². The lowest BCUT2D eigenvalue weighted by molar-refractivity contribution is -0.135. The van der Waals surface area contributed by atoms with Gasteiger partial charge in [-0.2, -0.15) is 0 Å². The van der Waals surface area contributed by atoms with Crippen molar-refractivity contribution in [2.75, 3.05) is 13.1 Å². The van der Waals surface area contributed by atoms with Crippen molar-refractivity contribution in [2.24, 2.45) is 11.1 Å². The van der Waals surface area contributed by atoms with Crippen molar-refractivity contribution in [1.29, 1.82) is 0 Å². The molecule has 2 saturated carbocycles. The lowest BCUT2D eigenvalue weighted by Crippen LogP contribution is -2.49. The molecule has 150 valence electrons. The monoisotopic (exact) mass is 390 g/mol. The van der Waals surface area contributed by atoms with E-state index in [0.717, 1.165) is 56.3 Å². The Balaban J connectivity index is 1.16. The molecule has 1 aliphatic heterocycles. The molecule has 1 atom stereocenters. The maximum atomic E-state index is 12.6. The van der Waals surface area contributed by atoms with E-state index in [2.05, 4.69) is 0 Å². The number of piperidine rings is 1. The maximum Gasteiger partial charge on any atom is 0.338 e. The number of nitrogens with zero attached hydrogens (tertiary/aromatic N) is 1. The largest absolute Gasteiger partial charge is 0.458 e. The van der Waals surface area contributed by atoms with E-state index in [9.17, 15) is 9.59 Å². The van der Waals surface area contributed by atoms with Gasteiger partial charge in [-0.1, -0.05) is 42.5 Å². The molecule has 1 heterocycles. The van der Waals surface area contributed by atoms with E-state index in [1.807, 2.05) is 59.5 Å². The Morgan fingerprint density at radius 1 is 0.897 bits per heavy atom. The highest BCUT2D eigenvalue weighted by Crippen LogP contribution is 2.56. The van der Waals surface area contributed by atoms with Crippen molar-refractivity contribution < 1.29 is 14.3 Å². The number of carbonyl (C=O) groups is 2. The third-order valence-corrected chi connectivity index (χ3v) is 6.85. The first-order valence-corrected chi connectivity index (χ1v) is 10.4. The summed E-state index contributed by atoms with van der Waals surface area (Å²) >= 11 is 0. The summed E-state index contributed by atoms with van der Waals surface area (Å²) in [6.07, 6.45) is 4.25. The van der Waals surface area contributed by atoms with Crippen LogP contribution >= 0.6 is 0 Å². The van der Waals surface area contributed by atoms with Gasteiger partial charge >= 0.3 is 5.97 Å². The molecule has 29 heavy (non-hydrogen) atoms. The normalized spacial score (nSPS) is 23.5. The van der Waals surface area contributed by atoms with Gasteiger partial charge in [0.05, 0.1) is 11.1 Å². The predicted octanol–water partition coefficient (Wildman–Crippen LogP) is 3.38. The average Bonchev–Trinajstić information content (AvgIpc) is 3.67. The number of nitrogens with two attached hydrogens (primary N) is 1. The number of hydrogen-bond donors (Lipinski definition) is 1. The molecular weight excluding hydrogens is 364 g/mol. The number of rotatable bonds is 4. The summed E-state index contributed by atoms with van der Waals surface area (Å²) in [6.45, 7) is 1.44. The summed E-state index contributed by atoms with van der Waals surface area (Å²) in [6, 6.07) is 17.7. The molecule has 2 N–H and O–H groups in total. The molecule has 1 spiro atoms. The van der Waals surface area contributed by atoms with Crippen LogP contribution in [0.25, 0.3) is 11.1 Å². The van der Waals surface area contributed by atoms with Crippen LogP contribution in [0.5, 0.6) is 0 Å². The quantitative estimate of drug-likeness (QED) is 0.813. The van der Waals surface area contributed by atoms with Crippen LogP contribution in [-0.2, 0) is 9.53 Å². The number of carbonyl (C=O) groups excluding carboxylic acids is 2. The van der Waals surface area contributed by atoms with Gasteiger partial charge in [0.25, 0.3) is 0 Å². The van der Waals surface area contributed by atoms with Gasteiger partial charge in [0, 0.05) is 18.5 Å². The minimum Gasteiger partial charge on any atom is -0.458 e. The Kier molecular flexibility index (Phi) is 4.24. The van der Waals surface area contributed by atoms with Crippen molar-refractivity contribution >= 4 is 11.9 Å². The Bertz CT molecular complexity index is 926. The van der Waals surface area contributed by atoms with Crippen LogP contribution in [0.4, 0.5) is 0 Å². The van der Waals surface area contributed by atoms with Crippen molar-refractivity contribution in [2.45, 2.75) is 43.7 Å². The summed E-state index contributed by atoms with van der Waals surface area (Å²) in [5, 5.41) is 0. The van der Waals surface area contributed by atoms with Gasteiger partial charge in [-0.15, -0.1) is 0 Å². The minimum absolute atomic E-state index is 0.0335. The Labute approximate surface area is 170 Å². The SMILES string of the molecule is NC1(C(=O)N2CCC3(CC2)CC3OC(=O)c2ccc(-c3ccccc3)cc2)CC1. The fraction of sp³-hybridized carbons (Fsp3) is 0.417. The number of amides is 1. The number of hydrogen-bond acceptors (Lipinski definition) is 4. The van der Waals surface area contributed by atoms with Crippen molar-refractivity contribution in [3.05, 3.63) is 60.2 Å². The zero-order valence-corrected chi connectivity index (χ0v) is 16.5. The van der Waals surface area contributed by atoms with E-state index in [4.69, 9.17) is 10.5 Å². The summed E-state index contributed by atoms with van der Waals surface area (Å²) in [4.78, 5) is 26.9. The maximum absolute atomic E-state index is 12.6. The summed E-state index contributed by atoms with van der Waals surface area (Å²) < 4.78 is 5.79. The number of benzene rings is 2. The molecule has 5 nitrogen and oxygen atoms in total. The first kappa shape index (κ1) is 18.4. The molecule has 2 aliphatic carbocycles. The molecule has 0 bridgehead atoms. The van der Waals surface area contributed by atoms with Gasteiger partial charge in [0.15, 0.2) is 0 Å². The minimum atomic E-state index is -0.591. The zero-order chi connectivity index (χ0) is 20.1. The Morgan fingerprint density at radius 2 is 1.52 bits per heavy atom. The van der Waals surface area contributed by atoms with Crippen LogP contribution in [0, 0.1) is 5.41 Å². The molecule has 0 radical (unpaired) electrons. The van der Waals surface area contributed by atoms with Gasteiger partial charge in [0.1, 0.15) is 6.10 Å². The van der Waals surface area contributed by atoms with Gasteiger partial charge < -0.3 is 15.4 Å². The Hall–Kier alpha value is -2.66. The highest BCUT2D eigenvalue weighted by Gasteiger charge is 2.59. The zero-order valence-electron chi connectivity index (χ0n) is 16.5. The predicted molar refractivity (Wildman–Crippen MR) is 110 cm³/mol. The number of esters is 1. The van der Waals surface area contributed by atoms with Gasteiger partial charge in [-0.3, -0.25) is 4.79 Å². The molecular formula is C24H26N2O3. The molecule has 3 fully saturated rings. The van der Waals surface area contributed by atoms with Crippen molar-refractivity contribution in [3.63, 3.8) is 0 Å². The first-order valence-electron chi connectivity index (χ1n) is 10.4. The molecule has 5 rings (SSSR count). The molecule has 3 aliphatic rings. The first-order chi connectivity index (χ1) is 14.0. The second-order valence-corrected chi connectivity index (χ2v) is 8.85. The van der Waals surface area contributed by atoms with Gasteiger partial charge in [-0.05, 0) is 55.4 Å². The van der Waals surface area contributed by atoms with Crippen molar-refractivity contribution in [3.8, 4) is 11.1 Å². The summed E-state index contributed by atoms with van der Waals surface area (Å²) in [7, 11) is 0. The van der Waals surface area contributed by atoms with E-state index in [-0.39, 0.29) is 23.4 Å². The molecule has 0 aromatic heterocycles. The number of ether oxygens (including phenoxy) is 1. The topological polar surface area (TPSA) is 72.6 Å². The van der Waals surface area contributed by atoms with E-state index >= 15 is 0 Å². The van der Waals surface area contributed by atoms with E-state index in [1.165, 1.54) is 0 Å². The standard InChI is InChI=1S/C24H26N2O3/c25-24(10-11-24)22(28)26-14-12-23(13-15-26)16-20(23)29-21(27)19-8-6-18(7-9-19)17-4-2-1-3-5-17/h1-9,20H,10-16,25H2. The second-order valence-electron chi connectivity index (χ2n) is 8.85. The van der Waals surface area contributed by atoms with Crippen LogP contribution in [-0.4, -0.2) is 41.5 Å². The molecule has 1 amide bonds. The highest BCUT2D eigenvalue weighted by atomic mass is 16.6. The van der Waals surface area contributed by atoms with Gasteiger partial charge in [0.2, 0.25) is 5.91 Å². The third-order valence-electron chi connectivity index (χ3n) is 6.85. The summed E-state index contributed by atoms with van der Waals surface area (Å²) in [5.74, 6) is -0.163.